The molecule has 0 aliphatic carbocycles. The van der Waals surface area contributed by atoms with Crippen molar-refractivity contribution in [1.29, 1.82) is 0 Å². The Balaban J connectivity index is 1.77. The number of hydrogen-bond donors (Lipinski definition) is 0. The molecule has 3 rings (SSSR count). The van der Waals surface area contributed by atoms with Crippen molar-refractivity contribution >= 4 is 10.0 Å². The molecule has 0 radical (unpaired) electrons. The average molecular weight is 323 g/mol. The summed E-state index contributed by atoms with van der Waals surface area (Å²) in [7, 11) is -3.56. The molecule has 7 heteroatoms. The molecule has 1 saturated heterocycles. The zero-order chi connectivity index (χ0) is 15.7. The summed E-state index contributed by atoms with van der Waals surface area (Å²) in [5, 5.41) is 4.22. The number of benzene rings is 1. The van der Waals surface area contributed by atoms with E-state index < -0.39 is 15.8 Å². The first-order chi connectivity index (χ1) is 10.5. The van der Waals surface area contributed by atoms with Crippen LogP contribution in [0.25, 0.3) is 0 Å². The van der Waals surface area contributed by atoms with Crippen molar-refractivity contribution in [2.75, 3.05) is 13.1 Å². The third-order valence-electron chi connectivity index (χ3n) is 4.08. The Morgan fingerprint density at radius 1 is 1.27 bits per heavy atom. The minimum Gasteiger partial charge on any atom is -0.270 e. The van der Waals surface area contributed by atoms with Crippen LogP contribution >= 0.6 is 0 Å². The van der Waals surface area contributed by atoms with Gasteiger partial charge in [-0.25, -0.2) is 12.8 Å². The fourth-order valence-corrected chi connectivity index (χ4v) is 4.56. The molecule has 0 atom stereocenters. The van der Waals surface area contributed by atoms with Gasteiger partial charge >= 0.3 is 0 Å². The van der Waals surface area contributed by atoms with Gasteiger partial charge in [-0.2, -0.15) is 9.40 Å². The van der Waals surface area contributed by atoms with Gasteiger partial charge < -0.3 is 0 Å². The summed E-state index contributed by atoms with van der Waals surface area (Å²) in [5.41, 5.74) is 0.439. The van der Waals surface area contributed by atoms with Gasteiger partial charge in [0.05, 0.1) is 10.9 Å². The first-order valence-electron chi connectivity index (χ1n) is 7.24. The normalized spacial score (nSPS) is 17.7. The Bertz CT molecular complexity index is 751. The van der Waals surface area contributed by atoms with Gasteiger partial charge in [0, 0.05) is 25.5 Å². The molecule has 5 nitrogen and oxygen atoms in total. The molecule has 0 unspecified atom stereocenters. The van der Waals surface area contributed by atoms with Gasteiger partial charge in [-0.3, -0.25) is 4.68 Å². The number of nitrogens with zero attached hydrogens (tertiary/aromatic N) is 3. The lowest BCUT2D eigenvalue weighted by Crippen LogP contribution is -2.39. The van der Waals surface area contributed by atoms with Crippen molar-refractivity contribution in [2.24, 2.45) is 0 Å². The molecular weight excluding hydrogens is 305 g/mol. The molecule has 0 saturated carbocycles. The molecule has 1 fully saturated rings. The molecule has 0 amide bonds. The second-order valence-corrected chi connectivity index (χ2v) is 7.44. The zero-order valence-corrected chi connectivity index (χ0v) is 13.1. The van der Waals surface area contributed by atoms with E-state index in [2.05, 4.69) is 5.10 Å². The monoisotopic (exact) mass is 323 g/mol. The van der Waals surface area contributed by atoms with E-state index in [9.17, 15) is 12.8 Å². The van der Waals surface area contributed by atoms with Gasteiger partial charge in [-0.15, -0.1) is 0 Å². The number of piperidine rings is 1. The molecule has 118 valence electrons. The second kappa shape index (κ2) is 5.81. The summed E-state index contributed by atoms with van der Waals surface area (Å²) >= 11 is 0. The molecule has 0 N–H and O–H groups in total. The summed E-state index contributed by atoms with van der Waals surface area (Å²) < 4.78 is 41.9. The molecule has 2 heterocycles. The molecule has 0 bridgehead atoms. The number of hydrogen-bond acceptors (Lipinski definition) is 3. The van der Waals surface area contributed by atoms with Gasteiger partial charge in [0.15, 0.2) is 0 Å². The third kappa shape index (κ3) is 2.78. The predicted molar refractivity (Wildman–Crippen MR) is 80.4 cm³/mol. The topological polar surface area (TPSA) is 55.2 Å². The van der Waals surface area contributed by atoms with E-state index in [4.69, 9.17) is 0 Å². The van der Waals surface area contributed by atoms with Crippen LogP contribution in [-0.2, 0) is 10.0 Å². The molecule has 1 aliphatic rings. The summed E-state index contributed by atoms with van der Waals surface area (Å²) in [6.45, 7) is 2.51. The van der Waals surface area contributed by atoms with Crippen molar-refractivity contribution in [3.63, 3.8) is 0 Å². The number of sulfonamides is 1. The number of aryl methyl sites for hydroxylation is 1. The SMILES string of the molecule is Cc1cc(F)ccc1S(=O)(=O)N1CCC(n2cccn2)CC1. The Labute approximate surface area is 129 Å². The fraction of sp³-hybridized carbons (Fsp3) is 0.400. The first kappa shape index (κ1) is 15.2. The third-order valence-corrected chi connectivity index (χ3v) is 6.14. The molecule has 1 aromatic carbocycles. The summed E-state index contributed by atoms with van der Waals surface area (Å²) in [6.07, 6.45) is 5.08. The smallest absolute Gasteiger partial charge is 0.243 e. The van der Waals surface area contributed by atoms with Crippen molar-refractivity contribution in [1.82, 2.24) is 14.1 Å². The van der Waals surface area contributed by atoms with Gasteiger partial charge in [-0.1, -0.05) is 0 Å². The van der Waals surface area contributed by atoms with Crippen LogP contribution in [-0.4, -0.2) is 35.6 Å². The summed E-state index contributed by atoms with van der Waals surface area (Å²) in [6, 6.07) is 5.89. The zero-order valence-electron chi connectivity index (χ0n) is 12.3. The maximum atomic E-state index is 13.2. The molecule has 1 aliphatic heterocycles. The summed E-state index contributed by atoms with van der Waals surface area (Å²) in [5.74, 6) is -0.422. The highest BCUT2D eigenvalue weighted by molar-refractivity contribution is 7.89. The van der Waals surface area contributed by atoms with E-state index in [0.29, 0.717) is 18.7 Å². The van der Waals surface area contributed by atoms with E-state index in [1.807, 2.05) is 16.9 Å². The van der Waals surface area contributed by atoms with Crippen LogP contribution in [0.2, 0.25) is 0 Å². The van der Waals surface area contributed by atoms with Gasteiger partial charge in [0.2, 0.25) is 10.0 Å². The second-order valence-electron chi connectivity index (χ2n) is 5.53. The van der Waals surface area contributed by atoms with Crippen LogP contribution in [0.5, 0.6) is 0 Å². The Morgan fingerprint density at radius 2 is 2.00 bits per heavy atom. The van der Waals surface area contributed by atoms with E-state index in [-0.39, 0.29) is 10.9 Å². The maximum absolute atomic E-state index is 13.2. The molecule has 2 aromatic rings. The van der Waals surface area contributed by atoms with Crippen LogP contribution in [0.15, 0.2) is 41.6 Å². The highest BCUT2D eigenvalue weighted by Gasteiger charge is 2.31. The highest BCUT2D eigenvalue weighted by atomic mass is 32.2. The fourth-order valence-electron chi connectivity index (χ4n) is 2.89. The summed E-state index contributed by atoms with van der Waals surface area (Å²) in [4.78, 5) is 0.187. The number of rotatable bonds is 3. The number of aromatic nitrogens is 2. The minimum atomic E-state index is -3.56. The van der Waals surface area contributed by atoms with Gasteiger partial charge in [0.1, 0.15) is 5.82 Å². The molecule has 1 aromatic heterocycles. The van der Waals surface area contributed by atoms with E-state index in [0.717, 1.165) is 12.8 Å². The van der Waals surface area contributed by atoms with Crippen LogP contribution in [0.1, 0.15) is 24.4 Å². The van der Waals surface area contributed by atoms with Crippen molar-refractivity contribution in [2.45, 2.75) is 30.7 Å². The van der Waals surface area contributed by atoms with Crippen molar-refractivity contribution < 1.29 is 12.8 Å². The Morgan fingerprint density at radius 3 is 2.59 bits per heavy atom. The highest BCUT2D eigenvalue weighted by Crippen LogP contribution is 2.27. The number of halogens is 1. The van der Waals surface area contributed by atoms with Crippen molar-refractivity contribution in [3.8, 4) is 0 Å². The average Bonchev–Trinajstić information content (AvgIpc) is 3.01. The van der Waals surface area contributed by atoms with E-state index >= 15 is 0 Å². The van der Waals surface area contributed by atoms with Crippen molar-refractivity contribution in [3.05, 3.63) is 48.0 Å². The lowest BCUT2D eigenvalue weighted by atomic mass is 10.1. The van der Waals surface area contributed by atoms with E-state index in [1.54, 1.807) is 13.1 Å². The lowest BCUT2D eigenvalue weighted by molar-refractivity contribution is 0.261. The first-order valence-corrected chi connectivity index (χ1v) is 8.68. The van der Waals surface area contributed by atoms with Crippen LogP contribution < -0.4 is 0 Å². The largest absolute Gasteiger partial charge is 0.270 e. The van der Waals surface area contributed by atoms with E-state index in [1.165, 1.54) is 22.5 Å². The van der Waals surface area contributed by atoms with Gasteiger partial charge in [0.25, 0.3) is 0 Å². The molecule has 22 heavy (non-hydrogen) atoms. The van der Waals surface area contributed by atoms with Crippen LogP contribution in [0.3, 0.4) is 0 Å². The predicted octanol–water partition coefficient (Wildman–Crippen LogP) is 2.36. The minimum absolute atomic E-state index is 0.187. The standard InChI is InChI=1S/C15H18FN3O2S/c1-12-11-13(16)3-4-15(12)22(20,21)18-9-5-14(6-10-18)19-8-2-7-17-19/h2-4,7-8,11,14H,5-6,9-10H2,1H3. The van der Waals surface area contributed by atoms with Crippen LogP contribution in [0, 0.1) is 12.7 Å². The maximum Gasteiger partial charge on any atom is 0.243 e. The molecular formula is C15H18FN3O2S. The van der Waals surface area contributed by atoms with Gasteiger partial charge in [-0.05, 0) is 49.6 Å². The quantitative estimate of drug-likeness (QED) is 0.871. The Kier molecular flexibility index (Phi) is 4.01. The van der Waals surface area contributed by atoms with Crippen LogP contribution in [0.4, 0.5) is 4.39 Å². The molecule has 0 spiro atoms. The Hall–Kier alpha value is -1.73. The lowest BCUT2D eigenvalue weighted by Gasteiger charge is -2.31.